The van der Waals surface area contributed by atoms with E-state index in [0.717, 1.165) is 12.2 Å². The summed E-state index contributed by atoms with van der Waals surface area (Å²) in [4.78, 5) is 2.40. The minimum Gasteiger partial charge on any atom is -0.475 e. The first kappa shape index (κ1) is 11.3. The fraction of sp³-hybridized carbons (Fsp3) is 0.636. The Bertz CT molecular complexity index is 308. The maximum Gasteiger partial charge on any atom is 0.233 e. The molecule has 1 aromatic heterocycles. The van der Waals surface area contributed by atoms with Crippen molar-refractivity contribution in [3.63, 3.8) is 0 Å². The van der Waals surface area contributed by atoms with Crippen LogP contribution in [0.25, 0.3) is 0 Å². The lowest BCUT2D eigenvalue weighted by atomic mass is 10.4. The van der Waals surface area contributed by atoms with Gasteiger partial charge in [0.15, 0.2) is 0 Å². The number of hydrogen-bond donors (Lipinski definition) is 1. The van der Waals surface area contributed by atoms with Gasteiger partial charge in [0.1, 0.15) is 6.61 Å². The first-order chi connectivity index (χ1) is 7.88. The Kier molecular flexibility index (Phi) is 4.07. The largest absolute Gasteiger partial charge is 0.475 e. The highest BCUT2D eigenvalue weighted by molar-refractivity contribution is 5.11. The zero-order chi connectivity index (χ0) is 11.2. The van der Waals surface area contributed by atoms with Crippen molar-refractivity contribution in [2.24, 2.45) is 5.73 Å². The fourth-order valence-corrected chi connectivity index (χ4v) is 1.82. The van der Waals surface area contributed by atoms with Crippen LogP contribution in [0.2, 0.25) is 0 Å². The third-order valence-corrected chi connectivity index (χ3v) is 2.76. The maximum absolute atomic E-state index is 5.51. The van der Waals surface area contributed by atoms with Crippen molar-refractivity contribution in [2.45, 2.75) is 19.4 Å². The van der Waals surface area contributed by atoms with Gasteiger partial charge in [0.2, 0.25) is 5.88 Å². The third-order valence-electron chi connectivity index (χ3n) is 2.76. The number of rotatable bonds is 5. The molecule has 1 saturated heterocycles. The van der Waals surface area contributed by atoms with E-state index < -0.39 is 0 Å². The van der Waals surface area contributed by atoms with Crippen LogP contribution in [0.15, 0.2) is 12.1 Å². The average molecular weight is 222 g/mol. The molecule has 1 aliphatic heterocycles. The quantitative estimate of drug-likeness (QED) is 0.781. The van der Waals surface area contributed by atoms with E-state index in [4.69, 9.17) is 10.5 Å². The molecule has 5 heteroatoms. The highest BCUT2D eigenvalue weighted by atomic mass is 16.5. The standard InChI is InChI=1S/C11H18N4O/c12-9-10-3-4-11(14-13-10)16-8-7-15-5-1-2-6-15/h3-4H,1-2,5-9,12H2. The molecule has 1 aliphatic rings. The SMILES string of the molecule is NCc1ccc(OCCN2CCCC2)nn1. The second kappa shape index (κ2) is 5.77. The highest BCUT2D eigenvalue weighted by Crippen LogP contribution is 2.08. The van der Waals surface area contributed by atoms with Crippen LogP contribution in [0.4, 0.5) is 0 Å². The number of hydrogen-bond acceptors (Lipinski definition) is 5. The van der Waals surface area contributed by atoms with Gasteiger partial charge in [0, 0.05) is 19.2 Å². The molecule has 2 N–H and O–H groups in total. The summed E-state index contributed by atoms with van der Waals surface area (Å²) in [6.07, 6.45) is 2.62. The summed E-state index contributed by atoms with van der Waals surface area (Å²) < 4.78 is 5.51. The van der Waals surface area contributed by atoms with Gasteiger partial charge < -0.3 is 10.5 Å². The molecule has 2 heterocycles. The molecule has 0 aliphatic carbocycles. The van der Waals surface area contributed by atoms with Gasteiger partial charge in [0.25, 0.3) is 0 Å². The predicted octanol–water partition coefficient (Wildman–Crippen LogP) is 0.410. The zero-order valence-corrected chi connectivity index (χ0v) is 9.43. The van der Waals surface area contributed by atoms with Gasteiger partial charge in [-0.15, -0.1) is 5.10 Å². The summed E-state index contributed by atoms with van der Waals surface area (Å²) in [6, 6.07) is 3.66. The minimum atomic E-state index is 0.418. The zero-order valence-electron chi connectivity index (χ0n) is 9.43. The molecule has 16 heavy (non-hydrogen) atoms. The van der Waals surface area contributed by atoms with Crippen molar-refractivity contribution in [3.8, 4) is 5.88 Å². The van der Waals surface area contributed by atoms with Crippen LogP contribution >= 0.6 is 0 Å². The van der Waals surface area contributed by atoms with Gasteiger partial charge in [-0.05, 0) is 32.0 Å². The first-order valence-electron chi connectivity index (χ1n) is 5.76. The predicted molar refractivity (Wildman–Crippen MR) is 61.1 cm³/mol. The summed E-state index contributed by atoms with van der Waals surface area (Å²) in [5.74, 6) is 0.580. The van der Waals surface area contributed by atoms with Crippen LogP contribution in [0.1, 0.15) is 18.5 Å². The molecule has 0 spiro atoms. The van der Waals surface area contributed by atoms with E-state index in [-0.39, 0.29) is 0 Å². The number of ether oxygens (including phenoxy) is 1. The van der Waals surface area contributed by atoms with Gasteiger partial charge in [-0.2, -0.15) is 5.10 Å². The lowest BCUT2D eigenvalue weighted by Crippen LogP contribution is -2.25. The number of aromatic nitrogens is 2. The molecule has 0 bridgehead atoms. The lowest BCUT2D eigenvalue weighted by molar-refractivity contribution is 0.230. The smallest absolute Gasteiger partial charge is 0.233 e. The second-order valence-electron chi connectivity index (χ2n) is 3.96. The summed E-state index contributed by atoms with van der Waals surface area (Å²) >= 11 is 0. The summed E-state index contributed by atoms with van der Waals surface area (Å²) in [5, 5.41) is 7.88. The van der Waals surface area contributed by atoms with Crippen molar-refractivity contribution in [2.75, 3.05) is 26.2 Å². The van der Waals surface area contributed by atoms with Gasteiger partial charge in [-0.1, -0.05) is 0 Å². The summed E-state index contributed by atoms with van der Waals surface area (Å²) in [6.45, 7) is 4.46. The molecule has 88 valence electrons. The normalized spacial score (nSPS) is 16.6. The average Bonchev–Trinajstić information content (AvgIpc) is 2.83. The number of likely N-dealkylation sites (tertiary alicyclic amines) is 1. The second-order valence-corrected chi connectivity index (χ2v) is 3.96. The molecular weight excluding hydrogens is 204 g/mol. The van der Waals surface area contributed by atoms with E-state index in [9.17, 15) is 0 Å². The van der Waals surface area contributed by atoms with Crippen molar-refractivity contribution in [1.82, 2.24) is 15.1 Å². The molecule has 5 nitrogen and oxygen atoms in total. The van der Waals surface area contributed by atoms with Crippen molar-refractivity contribution >= 4 is 0 Å². The molecule has 1 aromatic rings. The molecule has 0 aromatic carbocycles. The Labute approximate surface area is 95.6 Å². The number of nitrogens with zero attached hydrogens (tertiary/aromatic N) is 3. The Morgan fingerprint density at radius 3 is 2.69 bits per heavy atom. The van der Waals surface area contributed by atoms with E-state index in [1.165, 1.54) is 25.9 Å². The lowest BCUT2D eigenvalue weighted by Gasteiger charge is -2.14. The third kappa shape index (κ3) is 3.15. The molecular formula is C11H18N4O. The van der Waals surface area contributed by atoms with Crippen LogP contribution < -0.4 is 10.5 Å². The van der Waals surface area contributed by atoms with Crippen molar-refractivity contribution in [1.29, 1.82) is 0 Å². The van der Waals surface area contributed by atoms with Crippen molar-refractivity contribution in [3.05, 3.63) is 17.8 Å². The van der Waals surface area contributed by atoms with Gasteiger partial charge in [-0.3, -0.25) is 4.90 Å². The van der Waals surface area contributed by atoms with E-state index in [2.05, 4.69) is 15.1 Å². The molecule has 0 radical (unpaired) electrons. The van der Waals surface area contributed by atoms with Gasteiger partial charge in [-0.25, -0.2) is 0 Å². The van der Waals surface area contributed by atoms with E-state index in [0.29, 0.717) is 19.0 Å². The Hall–Kier alpha value is -1.20. The molecule has 0 saturated carbocycles. The van der Waals surface area contributed by atoms with E-state index in [1.807, 2.05) is 12.1 Å². The van der Waals surface area contributed by atoms with E-state index >= 15 is 0 Å². The monoisotopic (exact) mass is 222 g/mol. The van der Waals surface area contributed by atoms with Crippen molar-refractivity contribution < 1.29 is 4.74 Å². The first-order valence-corrected chi connectivity index (χ1v) is 5.76. The van der Waals surface area contributed by atoms with Crippen LogP contribution in [0, 0.1) is 0 Å². The van der Waals surface area contributed by atoms with E-state index in [1.54, 1.807) is 0 Å². The van der Waals surface area contributed by atoms with Crippen LogP contribution in [0.5, 0.6) is 5.88 Å². The molecule has 1 fully saturated rings. The summed E-state index contributed by atoms with van der Waals surface area (Å²) in [7, 11) is 0. The molecule has 0 amide bonds. The van der Waals surface area contributed by atoms with Crippen LogP contribution in [-0.2, 0) is 6.54 Å². The van der Waals surface area contributed by atoms with Gasteiger partial charge in [0.05, 0.1) is 5.69 Å². The molecule has 0 unspecified atom stereocenters. The fourth-order valence-electron chi connectivity index (χ4n) is 1.82. The Morgan fingerprint density at radius 1 is 1.25 bits per heavy atom. The number of nitrogens with two attached hydrogens (primary N) is 1. The van der Waals surface area contributed by atoms with Crippen LogP contribution in [0.3, 0.4) is 0 Å². The maximum atomic E-state index is 5.51. The van der Waals surface area contributed by atoms with Crippen LogP contribution in [-0.4, -0.2) is 41.3 Å². The Balaban J connectivity index is 1.71. The molecule has 0 atom stereocenters. The highest BCUT2D eigenvalue weighted by Gasteiger charge is 2.10. The Morgan fingerprint density at radius 2 is 2.06 bits per heavy atom. The summed E-state index contributed by atoms with van der Waals surface area (Å²) in [5.41, 5.74) is 6.22. The minimum absolute atomic E-state index is 0.418. The molecule has 2 rings (SSSR count). The topological polar surface area (TPSA) is 64.3 Å². The van der Waals surface area contributed by atoms with Gasteiger partial charge >= 0.3 is 0 Å².